The lowest BCUT2D eigenvalue weighted by Crippen LogP contribution is -2.59. The first-order chi connectivity index (χ1) is 59.2. The monoisotopic (exact) mass is 1710 g/mol. The molecule has 16 nitrogen and oxygen atoms in total. The molecule has 121 heavy (non-hydrogen) atoms. The van der Waals surface area contributed by atoms with Crippen LogP contribution in [0.3, 0.4) is 0 Å². The van der Waals surface area contributed by atoms with E-state index in [0.717, 1.165) is 167 Å². The Hall–Kier alpha value is -4.19. The maximum absolute atomic E-state index is 13.2. The molecule has 2 aliphatic heterocycles. The number of ether oxygens (including phenoxy) is 8. The Bertz CT molecular complexity index is 2490. The van der Waals surface area contributed by atoms with Crippen LogP contribution in [0.5, 0.6) is 0 Å². The van der Waals surface area contributed by atoms with Crippen LogP contribution >= 0.6 is 0 Å². The SMILES string of the molecule is CCCCCCCC/C=C\CCCCCCCC(=O)OCC1OC(C)C(O)C(O)C1OC(=O)CCCCCCC/C=C\CCCCCCCCC.CCCCCCCC/C=C\CCCCCCCC(=O)OCC1OC(COC(=O)CCCCCCC/C=C\CCCCCCCC)(OC)C(OC(=O)CCCCCCC/C=C\CCCCCCCC)C1O. The highest BCUT2D eigenvalue weighted by Crippen LogP contribution is 2.36. The van der Waals surface area contributed by atoms with Gasteiger partial charge in [-0.3, -0.25) is 24.0 Å². The molecule has 0 aliphatic carbocycles. The van der Waals surface area contributed by atoms with Crippen molar-refractivity contribution >= 4 is 29.8 Å². The molecule has 0 aromatic carbocycles. The number of aliphatic hydroxyl groups excluding tert-OH is 3. The molecule has 0 aromatic rings. The summed E-state index contributed by atoms with van der Waals surface area (Å²) in [6.07, 6.45) is 93.7. The predicted molar refractivity (Wildman–Crippen MR) is 501 cm³/mol. The molecule has 3 N–H and O–H groups in total. The van der Waals surface area contributed by atoms with Gasteiger partial charge < -0.3 is 53.2 Å². The Morgan fingerprint density at radius 1 is 0.281 bits per heavy atom. The van der Waals surface area contributed by atoms with Gasteiger partial charge in [0.15, 0.2) is 12.2 Å². The minimum atomic E-state index is -1.74. The number of aliphatic hydroxyl groups is 3. The van der Waals surface area contributed by atoms with E-state index in [1.54, 1.807) is 6.92 Å². The van der Waals surface area contributed by atoms with E-state index in [0.29, 0.717) is 25.7 Å². The Labute approximate surface area is 742 Å². The number of hydrogen-bond donors (Lipinski definition) is 3. The normalized spacial score (nSPS) is 19.3. The average molecular weight is 1710 g/mol. The average Bonchev–Trinajstić information content (AvgIpc) is 1.62. The molecule has 9 unspecified atom stereocenters. The fourth-order valence-electron chi connectivity index (χ4n) is 15.9. The van der Waals surface area contributed by atoms with Crippen LogP contribution in [0.4, 0.5) is 0 Å². The van der Waals surface area contributed by atoms with Crippen molar-refractivity contribution in [3.63, 3.8) is 0 Å². The molecule has 16 heteroatoms. The van der Waals surface area contributed by atoms with Gasteiger partial charge in [-0.2, -0.15) is 0 Å². The zero-order valence-corrected chi connectivity index (χ0v) is 79.4. The molecule has 2 saturated heterocycles. The van der Waals surface area contributed by atoms with E-state index in [4.69, 9.17) is 37.9 Å². The summed E-state index contributed by atoms with van der Waals surface area (Å²) in [7, 11) is 1.39. The topological polar surface area (TPSA) is 220 Å². The molecule has 2 aliphatic rings. The lowest BCUT2D eigenvalue weighted by Gasteiger charge is -2.40. The van der Waals surface area contributed by atoms with Crippen molar-refractivity contribution in [2.45, 2.75) is 552 Å². The Morgan fingerprint density at radius 3 is 0.785 bits per heavy atom. The van der Waals surface area contributed by atoms with Crippen molar-refractivity contribution in [1.82, 2.24) is 0 Å². The first kappa shape index (κ1) is 115. The summed E-state index contributed by atoms with van der Waals surface area (Å²) in [5.74, 6) is -3.74. The van der Waals surface area contributed by atoms with Gasteiger partial charge in [0.1, 0.15) is 50.3 Å². The number of unbranched alkanes of at least 4 members (excludes halogenated alkanes) is 56. The van der Waals surface area contributed by atoms with Gasteiger partial charge in [-0.05, 0) is 167 Å². The van der Waals surface area contributed by atoms with Crippen LogP contribution in [0.15, 0.2) is 60.8 Å². The van der Waals surface area contributed by atoms with Gasteiger partial charge in [-0.1, -0.05) is 359 Å². The minimum absolute atomic E-state index is 0.122. The van der Waals surface area contributed by atoms with Crippen LogP contribution in [-0.4, -0.2) is 127 Å². The largest absolute Gasteiger partial charge is 0.463 e. The van der Waals surface area contributed by atoms with Crippen LogP contribution in [0, 0.1) is 0 Å². The molecule has 2 fully saturated rings. The zero-order valence-electron chi connectivity index (χ0n) is 79.4. The van der Waals surface area contributed by atoms with Crippen LogP contribution in [0.1, 0.15) is 497 Å². The van der Waals surface area contributed by atoms with Crippen LogP contribution < -0.4 is 0 Å². The summed E-state index contributed by atoms with van der Waals surface area (Å²) in [5.41, 5.74) is 0. The van der Waals surface area contributed by atoms with Crippen molar-refractivity contribution in [2.75, 3.05) is 26.9 Å². The van der Waals surface area contributed by atoms with E-state index >= 15 is 0 Å². The van der Waals surface area contributed by atoms with E-state index in [1.807, 2.05) is 0 Å². The fourth-order valence-corrected chi connectivity index (χ4v) is 15.9. The van der Waals surface area contributed by atoms with Gasteiger partial charge in [0.25, 0.3) is 0 Å². The maximum Gasteiger partial charge on any atom is 0.306 e. The van der Waals surface area contributed by atoms with Crippen molar-refractivity contribution < 1.29 is 77.2 Å². The minimum Gasteiger partial charge on any atom is -0.463 e. The van der Waals surface area contributed by atoms with E-state index in [-0.39, 0.29) is 57.4 Å². The van der Waals surface area contributed by atoms with Crippen molar-refractivity contribution in [3.8, 4) is 0 Å². The first-order valence-electron chi connectivity index (χ1n) is 51.3. The number of hydrogen-bond acceptors (Lipinski definition) is 16. The summed E-state index contributed by atoms with van der Waals surface area (Å²) in [6.45, 7) is 12.2. The van der Waals surface area contributed by atoms with Crippen LogP contribution in [0.25, 0.3) is 0 Å². The van der Waals surface area contributed by atoms with E-state index < -0.39 is 72.5 Å². The molecule has 2 heterocycles. The molecular weight excluding hydrogens is 1520 g/mol. The first-order valence-corrected chi connectivity index (χ1v) is 51.3. The maximum atomic E-state index is 13.2. The standard InChI is InChI=1S/C61H110O9.C44H80O7/c1-5-8-11-14-17-20-23-26-29-32-35-38-41-44-47-50-56(62)67-53-55-59(65)60(69-58(64)52-49-46-43-40-37-34-31-28-25-22-19-16-13-10-7-3)61(66-4,70-55)54-68-57(63)51-48-45-42-39-36-33-30-27-24-21-18-15-12-9-6-2;1-4-6-8-10-12-14-16-18-20-22-24-26-28-30-32-34-36-41(46)51-44-39(50-38(3)42(47)43(44)48)37-49-40(45)35-33-31-29-27-25-23-21-19-17-15-13-11-9-7-5-2/h26-31,55,59-60,65H,5-25,32-54H2,1-4H3;19-22,38-39,42-44,47-48H,4-18,23-37H2,1-3H3/b29-26-,30-27-,31-28-;21-19-,22-20-. The highest BCUT2D eigenvalue weighted by molar-refractivity contribution is 5.71. The number of carbonyl (C=O) groups excluding carboxylic acids is 5. The van der Waals surface area contributed by atoms with Crippen LogP contribution in [0.2, 0.25) is 0 Å². The second-order valence-electron chi connectivity index (χ2n) is 35.4. The third-order valence-electron chi connectivity index (χ3n) is 24.0. The molecule has 2 rings (SSSR count). The van der Waals surface area contributed by atoms with Crippen LogP contribution in [-0.2, 0) is 61.9 Å². The van der Waals surface area contributed by atoms with Gasteiger partial charge in [0, 0.05) is 39.2 Å². The number of rotatable bonds is 85. The summed E-state index contributed by atoms with van der Waals surface area (Å²) in [4.78, 5) is 64.1. The predicted octanol–water partition coefficient (Wildman–Crippen LogP) is 28.6. The Balaban J connectivity index is 0.00000127. The molecule has 0 saturated carbocycles. The molecule has 9 atom stereocenters. The lowest BCUT2D eigenvalue weighted by molar-refractivity contribution is -0.271. The van der Waals surface area contributed by atoms with Gasteiger partial charge >= 0.3 is 29.8 Å². The Morgan fingerprint density at radius 2 is 0.512 bits per heavy atom. The van der Waals surface area contributed by atoms with Crippen molar-refractivity contribution in [1.29, 1.82) is 0 Å². The number of methoxy groups -OCH3 is 1. The summed E-state index contributed by atoms with van der Waals surface area (Å²) in [6, 6.07) is 0. The summed E-state index contributed by atoms with van der Waals surface area (Å²) >= 11 is 0. The molecule has 0 amide bonds. The summed E-state index contributed by atoms with van der Waals surface area (Å²) < 4.78 is 46.1. The number of allylic oxidation sites excluding steroid dienone is 10. The molecule has 0 spiro atoms. The molecule has 0 bridgehead atoms. The van der Waals surface area contributed by atoms with Gasteiger partial charge in [0.2, 0.25) is 5.79 Å². The second-order valence-corrected chi connectivity index (χ2v) is 35.4. The second kappa shape index (κ2) is 86.5. The van der Waals surface area contributed by atoms with Crippen molar-refractivity contribution in [2.24, 2.45) is 0 Å². The van der Waals surface area contributed by atoms with Gasteiger partial charge in [0.05, 0.1) is 6.10 Å². The fraction of sp³-hybridized carbons (Fsp3) is 0.857. The smallest absolute Gasteiger partial charge is 0.306 e. The third-order valence-corrected chi connectivity index (χ3v) is 24.0. The number of carbonyl (C=O) groups is 5. The molecule has 0 radical (unpaired) electrons. The molecule has 706 valence electrons. The van der Waals surface area contributed by atoms with E-state index in [9.17, 15) is 39.3 Å². The number of esters is 5. The molecular formula is C105H190O16. The van der Waals surface area contributed by atoms with E-state index in [2.05, 4.69) is 95.4 Å². The lowest BCUT2D eigenvalue weighted by atomic mass is 9.95. The van der Waals surface area contributed by atoms with E-state index in [1.165, 1.54) is 245 Å². The third kappa shape index (κ3) is 68.7. The van der Waals surface area contributed by atoms with Gasteiger partial charge in [-0.25, -0.2) is 0 Å². The highest BCUT2D eigenvalue weighted by atomic mass is 16.8. The summed E-state index contributed by atoms with van der Waals surface area (Å²) in [5, 5.41) is 32.6. The molecule has 0 aromatic heterocycles. The van der Waals surface area contributed by atoms with Crippen molar-refractivity contribution in [3.05, 3.63) is 60.8 Å². The highest BCUT2D eigenvalue weighted by Gasteiger charge is 2.59. The Kier molecular flexibility index (Phi) is 82.1. The quantitative estimate of drug-likeness (QED) is 0.0223. The van der Waals surface area contributed by atoms with Gasteiger partial charge in [-0.15, -0.1) is 0 Å². The zero-order chi connectivity index (χ0) is 88.1.